The number of amides is 2. The Morgan fingerprint density at radius 2 is 1.79 bits per heavy atom. The summed E-state index contributed by atoms with van der Waals surface area (Å²) in [5, 5.41) is 12.7. The molecule has 0 spiro atoms. The number of likely N-dealkylation sites (tertiary alicyclic amines) is 1. The molecule has 1 saturated carbocycles. The quantitative estimate of drug-likeness (QED) is 0.663. The van der Waals surface area contributed by atoms with Gasteiger partial charge in [0.1, 0.15) is 12.2 Å². The van der Waals surface area contributed by atoms with Crippen LogP contribution in [0.25, 0.3) is 0 Å². The molecule has 1 aliphatic heterocycles. The third-order valence-electron chi connectivity index (χ3n) is 6.07. The number of aliphatic hydroxyl groups is 1. The van der Waals surface area contributed by atoms with Gasteiger partial charge in [-0.2, -0.15) is 0 Å². The first-order valence-corrected chi connectivity index (χ1v) is 12.0. The van der Waals surface area contributed by atoms with Crippen LogP contribution in [0.15, 0.2) is 30.3 Å². The smallest absolute Gasteiger partial charge is 0.410 e. The molecule has 1 aromatic rings. The van der Waals surface area contributed by atoms with E-state index in [-0.39, 0.29) is 30.9 Å². The van der Waals surface area contributed by atoms with E-state index in [1.807, 2.05) is 51.1 Å². The van der Waals surface area contributed by atoms with Crippen molar-refractivity contribution in [3.63, 3.8) is 0 Å². The number of alkyl carbamates (subject to hydrolysis) is 1. The highest BCUT2D eigenvalue weighted by atomic mass is 16.6. The van der Waals surface area contributed by atoms with Crippen LogP contribution >= 0.6 is 0 Å². The molecule has 0 bridgehead atoms. The van der Waals surface area contributed by atoms with Crippen LogP contribution in [0.3, 0.4) is 0 Å². The van der Waals surface area contributed by atoms with Crippen LogP contribution in [-0.2, 0) is 20.8 Å². The van der Waals surface area contributed by atoms with E-state index in [9.17, 15) is 14.7 Å². The third kappa shape index (κ3) is 8.19. The Labute approximate surface area is 196 Å². The van der Waals surface area contributed by atoms with Gasteiger partial charge in [-0.1, -0.05) is 30.3 Å². The molecule has 2 amide bonds. The van der Waals surface area contributed by atoms with Gasteiger partial charge >= 0.3 is 12.2 Å². The van der Waals surface area contributed by atoms with Crippen LogP contribution in [-0.4, -0.2) is 65.2 Å². The molecular formula is C25H38N2O6. The lowest BCUT2D eigenvalue weighted by atomic mass is 9.94. The summed E-state index contributed by atoms with van der Waals surface area (Å²) in [5.74, 6) is 0. The van der Waals surface area contributed by atoms with Crippen LogP contribution in [0.4, 0.5) is 9.59 Å². The van der Waals surface area contributed by atoms with E-state index in [1.165, 1.54) is 0 Å². The van der Waals surface area contributed by atoms with Gasteiger partial charge in [0.05, 0.1) is 30.9 Å². The van der Waals surface area contributed by atoms with Crippen molar-refractivity contribution >= 4 is 12.2 Å². The number of nitrogens with one attached hydrogen (secondary N) is 1. The van der Waals surface area contributed by atoms with Gasteiger partial charge in [0, 0.05) is 6.54 Å². The summed E-state index contributed by atoms with van der Waals surface area (Å²) in [6.07, 6.45) is 3.35. The Hall–Kier alpha value is -2.32. The monoisotopic (exact) mass is 462 g/mol. The van der Waals surface area contributed by atoms with Crippen LogP contribution in [0, 0.1) is 0 Å². The number of aliphatic hydroxyl groups excluding tert-OH is 1. The van der Waals surface area contributed by atoms with Crippen molar-refractivity contribution in [2.45, 2.75) is 95.8 Å². The van der Waals surface area contributed by atoms with E-state index in [2.05, 4.69) is 5.32 Å². The van der Waals surface area contributed by atoms with E-state index in [0.29, 0.717) is 13.2 Å². The zero-order valence-electron chi connectivity index (χ0n) is 20.0. The number of rotatable bonds is 6. The summed E-state index contributed by atoms with van der Waals surface area (Å²) in [6, 6.07) is 8.89. The molecular weight excluding hydrogens is 424 g/mol. The molecule has 2 atom stereocenters. The Morgan fingerprint density at radius 3 is 2.45 bits per heavy atom. The number of carbonyl (C=O) groups excluding carboxylic acids is 2. The Kier molecular flexibility index (Phi) is 8.97. The molecule has 3 rings (SSSR count). The average Bonchev–Trinajstić information content (AvgIpc) is 2.77. The summed E-state index contributed by atoms with van der Waals surface area (Å²) in [6.45, 7) is 6.48. The fraction of sp³-hybridized carbons (Fsp3) is 0.680. The predicted molar refractivity (Wildman–Crippen MR) is 124 cm³/mol. The van der Waals surface area contributed by atoms with Crippen molar-refractivity contribution in [3.8, 4) is 0 Å². The summed E-state index contributed by atoms with van der Waals surface area (Å²) in [7, 11) is 0. The second kappa shape index (κ2) is 11.7. The summed E-state index contributed by atoms with van der Waals surface area (Å²) in [4.78, 5) is 27.1. The number of piperidine rings is 1. The minimum atomic E-state index is -0.609. The fourth-order valence-electron chi connectivity index (χ4n) is 4.37. The van der Waals surface area contributed by atoms with Crippen molar-refractivity contribution in [1.82, 2.24) is 10.2 Å². The molecule has 0 unspecified atom stereocenters. The van der Waals surface area contributed by atoms with E-state index in [4.69, 9.17) is 14.2 Å². The number of hydrogen-bond donors (Lipinski definition) is 2. The SMILES string of the molecule is CC(C)(C)OC(=O)N[C@H]1CCCN(C(=O)OCc2ccccc2)[C@H]1COC1CCC(O)CC1. The van der Waals surface area contributed by atoms with Gasteiger partial charge in [0.25, 0.3) is 0 Å². The van der Waals surface area contributed by atoms with Crippen LogP contribution in [0.5, 0.6) is 0 Å². The number of benzene rings is 1. The molecule has 2 fully saturated rings. The number of carbonyl (C=O) groups is 2. The van der Waals surface area contributed by atoms with Crippen LogP contribution in [0.1, 0.15) is 64.9 Å². The minimum absolute atomic E-state index is 0.0414. The molecule has 1 aromatic carbocycles. The number of nitrogens with zero attached hydrogens (tertiary/aromatic N) is 1. The minimum Gasteiger partial charge on any atom is -0.445 e. The van der Waals surface area contributed by atoms with Crippen molar-refractivity contribution in [2.24, 2.45) is 0 Å². The number of ether oxygens (including phenoxy) is 3. The molecule has 1 heterocycles. The highest BCUT2D eigenvalue weighted by Crippen LogP contribution is 2.25. The van der Waals surface area contributed by atoms with E-state index in [1.54, 1.807) is 4.90 Å². The maximum Gasteiger partial charge on any atom is 0.410 e. The molecule has 33 heavy (non-hydrogen) atoms. The first kappa shape index (κ1) is 25.3. The van der Waals surface area contributed by atoms with Gasteiger partial charge in [-0.15, -0.1) is 0 Å². The highest BCUT2D eigenvalue weighted by molar-refractivity contribution is 5.70. The molecule has 0 radical (unpaired) electrons. The first-order chi connectivity index (χ1) is 15.7. The van der Waals surface area contributed by atoms with Crippen molar-refractivity contribution in [1.29, 1.82) is 0 Å². The average molecular weight is 463 g/mol. The van der Waals surface area contributed by atoms with Gasteiger partial charge in [-0.3, -0.25) is 0 Å². The van der Waals surface area contributed by atoms with Crippen molar-refractivity contribution < 1.29 is 28.9 Å². The lowest BCUT2D eigenvalue weighted by molar-refractivity contribution is -0.0421. The van der Waals surface area contributed by atoms with Crippen molar-refractivity contribution in [2.75, 3.05) is 13.2 Å². The summed E-state index contributed by atoms with van der Waals surface area (Å²) >= 11 is 0. The second-order valence-corrected chi connectivity index (χ2v) is 9.96. The Balaban J connectivity index is 1.65. The topological polar surface area (TPSA) is 97.3 Å². The van der Waals surface area contributed by atoms with E-state index in [0.717, 1.165) is 44.1 Å². The molecule has 1 aliphatic carbocycles. The lowest BCUT2D eigenvalue weighted by Crippen LogP contribution is -2.59. The fourth-order valence-corrected chi connectivity index (χ4v) is 4.37. The lowest BCUT2D eigenvalue weighted by Gasteiger charge is -2.41. The predicted octanol–water partition coefficient (Wildman–Crippen LogP) is 4.00. The van der Waals surface area contributed by atoms with Crippen LogP contribution in [0.2, 0.25) is 0 Å². The normalized spacial score (nSPS) is 25.9. The molecule has 1 saturated heterocycles. The Bertz CT molecular complexity index is 758. The molecule has 184 valence electrons. The third-order valence-corrected chi connectivity index (χ3v) is 6.07. The highest BCUT2D eigenvalue weighted by Gasteiger charge is 2.38. The molecule has 8 heteroatoms. The molecule has 8 nitrogen and oxygen atoms in total. The van der Waals surface area contributed by atoms with E-state index >= 15 is 0 Å². The van der Waals surface area contributed by atoms with Gasteiger partial charge in [0.2, 0.25) is 0 Å². The van der Waals surface area contributed by atoms with Gasteiger partial charge < -0.3 is 29.5 Å². The maximum absolute atomic E-state index is 13.0. The standard InChI is InChI=1S/C25H38N2O6/c1-25(2,3)33-23(29)26-21-10-7-15-27(24(30)32-16-18-8-5-4-6-9-18)22(21)17-31-20-13-11-19(28)12-14-20/h4-6,8-9,19-22,28H,7,10-17H2,1-3H3,(H,26,29)/t19?,20?,21-,22-/m0/s1. The first-order valence-electron chi connectivity index (χ1n) is 12.0. The summed E-state index contributed by atoms with van der Waals surface area (Å²) in [5.41, 5.74) is 0.307. The zero-order chi connectivity index (χ0) is 23.8. The molecule has 2 N–H and O–H groups in total. The van der Waals surface area contributed by atoms with Gasteiger partial charge in [-0.05, 0) is 64.9 Å². The summed E-state index contributed by atoms with van der Waals surface area (Å²) < 4.78 is 17.2. The zero-order valence-corrected chi connectivity index (χ0v) is 20.0. The molecule has 2 aliphatic rings. The Morgan fingerprint density at radius 1 is 1.09 bits per heavy atom. The van der Waals surface area contributed by atoms with Crippen molar-refractivity contribution in [3.05, 3.63) is 35.9 Å². The van der Waals surface area contributed by atoms with E-state index < -0.39 is 17.8 Å². The van der Waals surface area contributed by atoms with Gasteiger partial charge in [-0.25, -0.2) is 9.59 Å². The second-order valence-electron chi connectivity index (χ2n) is 9.96. The number of hydrogen-bond acceptors (Lipinski definition) is 6. The molecule has 0 aromatic heterocycles. The maximum atomic E-state index is 13.0. The largest absolute Gasteiger partial charge is 0.445 e. The van der Waals surface area contributed by atoms with Crippen LogP contribution < -0.4 is 5.32 Å². The van der Waals surface area contributed by atoms with Gasteiger partial charge in [0.15, 0.2) is 0 Å².